The van der Waals surface area contributed by atoms with E-state index >= 15 is 0 Å². The van der Waals surface area contributed by atoms with Crippen LogP contribution in [0, 0.1) is 0 Å². The van der Waals surface area contributed by atoms with Crippen molar-refractivity contribution >= 4 is 19.5 Å². The molecule has 0 fully saturated rings. The van der Waals surface area contributed by atoms with Crippen LogP contribution in [0.15, 0.2) is 48.5 Å². The van der Waals surface area contributed by atoms with Crippen LogP contribution in [-0.4, -0.2) is 43.3 Å². The zero-order valence-electron chi connectivity index (χ0n) is 17.9. The van der Waals surface area contributed by atoms with Gasteiger partial charge in [-0.15, -0.1) is 0 Å². The summed E-state index contributed by atoms with van der Waals surface area (Å²) >= 11 is 0. The number of carboxylic acids is 1. The summed E-state index contributed by atoms with van der Waals surface area (Å²) in [6.07, 6.45) is 0.223. The van der Waals surface area contributed by atoms with Gasteiger partial charge in [-0.25, -0.2) is 4.79 Å². The molecule has 0 bridgehead atoms. The Morgan fingerprint density at radius 1 is 0.968 bits per heavy atom. The number of rotatable bonds is 12. The van der Waals surface area contributed by atoms with E-state index in [1.54, 1.807) is 69.5 Å². The van der Waals surface area contributed by atoms with Crippen molar-refractivity contribution in [2.24, 2.45) is 0 Å². The normalized spacial score (nSPS) is 12.2. The number of hydrogen-bond donors (Lipinski definition) is 2. The molecule has 2 aromatic carbocycles. The topological polar surface area (TPSA) is 111 Å². The highest BCUT2D eigenvalue weighted by Gasteiger charge is 2.25. The van der Waals surface area contributed by atoms with Crippen molar-refractivity contribution in [2.75, 3.05) is 20.3 Å². The van der Waals surface area contributed by atoms with Crippen molar-refractivity contribution in [3.05, 3.63) is 65.2 Å². The molecule has 0 saturated heterocycles. The number of amides is 1. The highest BCUT2D eigenvalue weighted by molar-refractivity contribution is 7.53. The summed E-state index contributed by atoms with van der Waals surface area (Å²) in [7, 11) is -1.70. The van der Waals surface area contributed by atoms with Crippen molar-refractivity contribution in [3.63, 3.8) is 0 Å². The number of aliphatic carboxylic acids is 1. The summed E-state index contributed by atoms with van der Waals surface area (Å²) < 4.78 is 28.3. The van der Waals surface area contributed by atoms with Crippen LogP contribution >= 0.6 is 7.60 Å². The van der Waals surface area contributed by atoms with Gasteiger partial charge >= 0.3 is 13.6 Å². The fourth-order valence-corrected chi connectivity index (χ4v) is 4.65. The molecule has 2 N–H and O–H groups in total. The molecule has 0 saturated carbocycles. The molecule has 168 valence electrons. The van der Waals surface area contributed by atoms with Gasteiger partial charge in [-0.2, -0.15) is 0 Å². The van der Waals surface area contributed by atoms with E-state index in [0.29, 0.717) is 16.9 Å². The third-order valence-electron chi connectivity index (χ3n) is 4.45. The van der Waals surface area contributed by atoms with Gasteiger partial charge < -0.3 is 24.2 Å². The van der Waals surface area contributed by atoms with E-state index in [2.05, 4.69) is 5.32 Å². The monoisotopic (exact) mass is 449 g/mol. The van der Waals surface area contributed by atoms with Crippen molar-refractivity contribution in [1.29, 1.82) is 0 Å². The van der Waals surface area contributed by atoms with Gasteiger partial charge in [0.25, 0.3) is 5.91 Å². The average Bonchev–Trinajstić information content (AvgIpc) is 2.74. The third-order valence-corrected chi connectivity index (χ3v) is 6.50. The number of benzene rings is 2. The average molecular weight is 449 g/mol. The molecular formula is C22H28NO7P. The fourth-order valence-electron chi connectivity index (χ4n) is 2.95. The molecular weight excluding hydrogens is 421 g/mol. The second-order valence-electron chi connectivity index (χ2n) is 6.72. The SMILES string of the molecule is CCOP(=O)(Cc1ccc(C(=O)N[C@H](Cc2ccc(OC)cc2)C(=O)O)cc1)OCC. The van der Waals surface area contributed by atoms with Gasteiger partial charge in [0.05, 0.1) is 26.5 Å². The molecule has 0 aliphatic carbocycles. The second kappa shape index (κ2) is 11.6. The minimum absolute atomic E-state index is 0.0891. The summed E-state index contributed by atoms with van der Waals surface area (Å²) in [5.74, 6) is -0.974. The number of methoxy groups -OCH3 is 1. The zero-order valence-corrected chi connectivity index (χ0v) is 18.8. The number of ether oxygens (including phenoxy) is 1. The summed E-state index contributed by atoms with van der Waals surface area (Å²) in [5.41, 5.74) is 1.74. The van der Waals surface area contributed by atoms with Gasteiger partial charge in [0.2, 0.25) is 0 Å². The van der Waals surface area contributed by atoms with Crippen LogP contribution in [0.2, 0.25) is 0 Å². The minimum atomic E-state index is -3.25. The smallest absolute Gasteiger partial charge is 0.335 e. The first-order valence-electron chi connectivity index (χ1n) is 9.94. The minimum Gasteiger partial charge on any atom is -0.497 e. The van der Waals surface area contributed by atoms with Crippen LogP contribution in [0.5, 0.6) is 5.75 Å². The largest absolute Gasteiger partial charge is 0.497 e. The number of nitrogens with one attached hydrogen (secondary N) is 1. The molecule has 2 rings (SSSR count). The van der Waals surface area contributed by atoms with E-state index in [1.165, 1.54) is 0 Å². The number of carbonyl (C=O) groups is 2. The lowest BCUT2D eigenvalue weighted by atomic mass is 10.0. The number of hydrogen-bond acceptors (Lipinski definition) is 6. The standard InChI is InChI=1S/C22H28NO7P/c1-4-29-31(27,30-5-2)15-17-6-10-18(11-7-17)21(24)23-20(22(25)26)14-16-8-12-19(28-3)13-9-16/h6-13,20H,4-5,14-15H2,1-3H3,(H,23,24)(H,25,26)/t20-/m1/s1. The van der Waals surface area contributed by atoms with E-state index in [1.807, 2.05) is 0 Å². The van der Waals surface area contributed by atoms with Crippen molar-refractivity contribution < 1.29 is 33.0 Å². The van der Waals surface area contributed by atoms with E-state index in [-0.39, 0.29) is 25.8 Å². The lowest BCUT2D eigenvalue weighted by molar-refractivity contribution is -0.139. The molecule has 31 heavy (non-hydrogen) atoms. The quantitative estimate of drug-likeness (QED) is 0.473. The molecule has 0 aromatic heterocycles. The number of carboxylic acid groups (broad SMARTS) is 1. The van der Waals surface area contributed by atoms with Gasteiger partial charge in [0.1, 0.15) is 11.8 Å². The lowest BCUT2D eigenvalue weighted by Gasteiger charge is -2.17. The first kappa shape index (κ1) is 24.6. The predicted molar refractivity (Wildman–Crippen MR) is 117 cm³/mol. The first-order valence-corrected chi connectivity index (χ1v) is 11.7. The third kappa shape index (κ3) is 7.51. The maximum absolute atomic E-state index is 12.6. The van der Waals surface area contributed by atoms with Gasteiger partial charge in [-0.05, 0) is 49.2 Å². The van der Waals surface area contributed by atoms with Crippen LogP contribution < -0.4 is 10.1 Å². The van der Waals surface area contributed by atoms with Gasteiger partial charge in [0, 0.05) is 12.0 Å². The van der Waals surface area contributed by atoms with Gasteiger partial charge in [-0.1, -0.05) is 24.3 Å². The highest BCUT2D eigenvalue weighted by atomic mass is 31.2. The van der Waals surface area contributed by atoms with Crippen LogP contribution in [0.4, 0.5) is 0 Å². The van der Waals surface area contributed by atoms with Crippen molar-refractivity contribution in [1.82, 2.24) is 5.32 Å². The Morgan fingerprint density at radius 2 is 1.52 bits per heavy atom. The van der Waals surface area contributed by atoms with Gasteiger partial charge in [0.15, 0.2) is 0 Å². The summed E-state index contributed by atoms with van der Waals surface area (Å²) in [6, 6.07) is 12.3. The molecule has 1 atom stereocenters. The first-order chi connectivity index (χ1) is 14.8. The maximum atomic E-state index is 12.6. The molecule has 0 aliphatic heterocycles. The Kier molecular flexibility index (Phi) is 9.24. The van der Waals surface area contributed by atoms with E-state index in [4.69, 9.17) is 13.8 Å². The maximum Gasteiger partial charge on any atom is 0.335 e. The Bertz CT molecular complexity index is 902. The fraction of sp³-hybridized carbons (Fsp3) is 0.364. The molecule has 0 spiro atoms. The molecule has 0 unspecified atom stereocenters. The molecule has 9 heteroatoms. The van der Waals surface area contributed by atoms with Gasteiger partial charge in [-0.3, -0.25) is 9.36 Å². The number of carbonyl (C=O) groups excluding carboxylic acids is 1. The molecule has 0 heterocycles. The Balaban J connectivity index is 2.05. The predicted octanol–water partition coefficient (Wildman–Crippen LogP) is 3.89. The van der Waals surface area contributed by atoms with E-state index < -0.39 is 25.5 Å². The van der Waals surface area contributed by atoms with E-state index in [0.717, 1.165) is 5.56 Å². The Hall–Kier alpha value is -2.67. The van der Waals surface area contributed by atoms with E-state index in [9.17, 15) is 19.3 Å². The Morgan fingerprint density at radius 3 is 2.00 bits per heavy atom. The second-order valence-corrected chi connectivity index (χ2v) is 8.77. The molecule has 0 radical (unpaired) electrons. The summed E-state index contributed by atoms with van der Waals surface area (Å²) in [5, 5.41) is 12.0. The van der Waals surface area contributed by atoms with Crippen LogP contribution in [0.25, 0.3) is 0 Å². The Labute approximate surface area is 182 Å². The zero-order chi connectivity index (χ0) is 22.9. The molecule has 8 nitrogen and oxygen atoms in total. The molecule has 1 amide bonds. The molecule has 0 aliphatic rings. The lowest BCUT2D eigenvalue weighted by Crippen LogP contribution is -2.42. The molecule has 2 aromatic rings. The highest BCUT2D eigenvalue weighted by Crippen LogP contribution is 2.51. The van der Waals surface area contributed by atoms with Crippen LogP contribution in [0.1, 0.15) is 35.3 Å². The van der Waals surface area contributed by atoms with Crippen molar-refractivity contribution in [2.45, 2.75) is 32.5 Å². The summed E-state index contributed by atoms with van der Waals surface area (Å²) in [4.78, 5) is 24.2. The van der Waals surface area contributed by atoms with Crippen molar-refractivity contribution in [3.8, 4) is 5.75 Å². The summed E-state index contributed by atoms with van der Waals surface area (Å²) in [6.45, 7) is 4.01. The van der Waals surface area contributed by atoms with Crippen LogP contribution in [-0.2, 0) is 31.0 Å². The van der Waals surface area contributed by atoms with Crippen LogP contribution in [0.3, 0.4) is 0 Å².